The van der Waals surface area contributed by atoms with Gasteiger partial charge in [0.25, 0.3) is 0 Å². The zero-order chi connectivity index (χ0) is 19.3. The molecule has 0 aliphatic heterocycles. The van der Waals surface area contributed by atoms with E-state index >= 15 is 4.39 Å². The van der Waals surface area contributed by atoms with Crippen LogP contribution >= 0.6 is 0 Å². The first-order valence-corrected chi connectivity index (χ1v) is 8.77. The molecule has 4 nitrogen and oxygen atoms in total. The summed E-state index contributed by atoms with van der Waals surface area (Å²) in [6.07, 6.45) is 3.27. The average molecular weight is 372 g/mol. The molecule has 0 spiro atoms. The van der Waals surface area contributed by atoms with Gasteiger partial charge in [0.15, 0.2) is 5.82 Å². The summed E-state index contributed by atoms with van der Waals surface area (Å²) in [6, 6.07) is 15.1. The fourth-order valence-corrected chi connectivity index (χ4v) is 3.56. The number of imidazole rings is 1. The zero-order valence-corrected chi connectivity index (χ0v) is 14.9. The number of pyridine rings is 2. The van der Waals surface area contributed by atoms with Gasteiger partial charge in [0.1, 0.15) is 22.9 Å². The first kappa shape index (κ1) is 16.5. The first-order chi connectivity index (χ1) is 13.6. The van der Waals surface area contributed by atoms with Gasteiger partial charge in [0.2, 0.25) is 0 Å². The second kappa shape index (κ2) is 6.20. The highest BCUT2D eigenvalue weighted by molar-refractivity contribution is 5.93. The second-order valence-corrected chi connectivity index (χ2v) is 6.48. The van der Waals surface area contributed by atoms with Crippen LogP contribution in [0.3, 0.4) is 0 Å². The van der Waals surface area contributed by atoms with Crippen molar-refractivity contribution in [2.75, 3.05) is 0 Å². The molecule has 0 amide bonds. The van der Waals surface area contributed by atoms with Crippen molar-refractivity contribution in [1.82, 2.24) is 19.5 Å². The molecule has 2 aromatic carbocycles. The Morgan fingerprint density at radius 1 is 0.857 bits per heavy atom. The van der Waals surface area contributed by atoms with Crippen LogP contribution in [0.1, 0.15) is 5.82 Å². The van der Waals surface area contributed by atoms with Crippen molar-refractivity contribution in [2.45, 2.75) is 6.92 Å². The molecule has 0 saturated heterocycles. The number of nitrogens with zero attached hydrogens (tertiary/aromatic N) is 4. The van der Waals surface area contributed by atoms with E-state index in [-0.39, 0.29) is 11.3 Å². The van der Waals surface area contributed by atoms with Crippen molar-refractivity contribution < 1.29 is 8.78 Å². The van der Waals surface area contributed by atoms with Gasteiger partial charge >= 0.3 is 0 Å². The van der Waals surface area contributed by atoms with Crippen LogP contribution < -0.4 is 0 Å². The summed E-state index contributed by atoms with van der Waals surface area (Å²) < 4.78 is 32.0. The van der Waals surface area contributed by atoms with Gasteiger partial charge in [-0.15, -0.1) is 0 Å². The molecule has 3 heterocycles. The van der Waals surface area contributed by atoms with Crippen LogP contribution in [0.2, 0.25) is 0 Å². The number of aryl methyl sites for hydroxylation is 1. The van der Waals surface area contributed by atoms with Crippen molar-refractivity contribution in [3.8, 4) is 16.9 Å². The zero-order valence-electron chi connectivity index (χ0n) is 14.9. The monoisotopic (exact) mass is 372 g/mol. The van der Waals surface area contributed by atoms with E-state index in [2.05, 4.69) is 15.0 Å². The number of benzene rings is 2. The number of fused-ring (bicyclic) bond motifs is 2. The van der Waals surface area contributed by atoms with Crippen molar-refractivity contribution >= 4 is 21.9 Å². The molecular formula is C22H14F2N4. The lowest BCUT2D eigenvalue weighted by atomic mass is 10.1. The van der Waals surface area contributed by atoms with E-state index in [0.29, 0.717) is 27.9 Å². The molecule has 5 aromatic rings. The van der Waals surface area contributed by atoms with Crippen LogP contribution in [-0.4, -0.2) is 19.5 Å². The number of hydrogen-bond donors (Lipinski definition) is 0. The molecule has 0 aliphatic carbocycles. The van der Waals surface area contributed by atoms with E-state index < -0.39 is 11.6 Å². The molecule has 0 fully saturated rings. The lowest BCUT2D eigenvalue weighted by Crippen LogP contribution is -2.05. The van der Waals surface area contributed by atoms with Gasteiger partial charge in [0, 0.05) is 17.1 Å². The Labute approximate surface area is 159 Å². The highest BCUT2D eigenvalue weighted by Crippen LogP contribution is 2.34. The second-order valence-electron chi connectivity index (χ2n) is 6.48. The third-order valence-corrected chi connectivity index (χ3v) is 4.78. The van der Waals surface area contributed by atoms with E-state index in [9.17, 15) is 4.39 Å². The van der Waals surface area contributed by atoms with Crippen molar-refractivity contribution in [3.63, 3.8) is 0 Å². The van der Waals surface area contributed by atoms with Crippen molar-refractivity contribution in [3.05, 3.63) is 84.4 Å². The van der Waals surface area contributed by atoms with Crippen LogP contribution in [0, 0.1) is 18.6 Å². The summed E-state index contributed by atoms with van der Waals surface area (Å²) in [5.41, 5.74) is 2.36. The fraction of sp³-hybridized carbons (Fsp3) is 0.0455. The minimum atomic E-state index is -0.594. The lowest BCUT2D eigenvalue weighted by Gasteiger charge is -2.15. The molecular weight excluding hydrogens is 358 g/mol. The van der Waals surface area contributed by atoms with E-state index in [1.165, 1.54) is 12.1 Å². The predicted octanol–water partition coefficient (Wildman–Crippen LogP) is 5.22. The van der Waals surface area contributed by atoms with Gasteiger partial charge in [-0.3, -0.25) is 9.55 Å². The molecule has 3 aromatic heterocycles. The minimum Gasteiger partial charge on any atom is -0.293 e. The van der Waals surface area contributed by atoms with Gasteiger partial charge in [-0.2, -0.15) is 0 Å². The fourth-order valence-electron chi connectivity index (χ4n) is 3.56. The maximum Gasteiger partial charge on any atom is 0.174 e. The number of aromatic nitrogens is 4. The van der Waals surface area contributed by atoms with Crippen molar-refractivity contribution in [2.24, 2.45) is 0 Å². The van der Waals surface area contributed by atoms with Gasteiger partial charge < -0.3 is 0 Å². The van der Waals surface area contributed by atoms with E-state index in [1.54, 1.807) is 54.2 Å². The van der Waals surface area contributed by atoms with Gasteiger partial charge in [-0.1, -0.05) is 30.3 Å². The highest BCUT2D eigenvalue weighted by Gasteiger charge is 2.22. The van der Waals surface area contributed by atoms with Crippen LogP contribution in [0.5, 0.6) is 0 Å². The summed E-state index contributed by atoms with van der Waals surface area (Å²) in [7, 11) is 0. The average Bonchev–Trinajstić information content (AvgIpc) is 3.04. The normalized spacial score (nSPS) is 11.4. The molecule has 28 heavy (non-hydrogen) atoms. The predicted molar refractivity (Wildman–Crippen MR) is 104 cm³/mol. The third kappa shape index (κ3) is 2.38. The van der Waals surface area contributed by atoms with Crippen LogP contribution in [0.4, 0.5) is 8.78 Å². The summed E-state index contributed by atoms with van der Waals surface area (Å²) in [5.74, 6) is -0.507. The molecule has 0 unspecified atom stereocenters. The minimum absolute atomic E-state index is 0.0258. The molecule has 0 N–H and O–H groups in total. The molecule has 6 heteroatoms. The van der Waals surface area contributed by atoms with E-state index in [0.717, 1.165) is 5.52 Å². The number of halogens is 2. The molecule has 0 bridgehead atoms. The Bertz CT molecular complexity index is 1360. The summed E-state index contributed by atoms with van der Waals surface area (Å²) in [6.45, 7) is 1.80. The topological polar surface area (TPSA) is 43.6 Å². The number of rotatable bonds is 2. The quantitative estimate of drug-likeness (QED) is 0.427. The third-order valence-electron chi connectivity index (χ3n) is 4.78. The van der Waals surface area contributed by atoms with E-state index in [4.69, 9.17) is 0 Å². The Morgan fingerprint density at radius 3 is 2.50 bits per heavy atom. The smallest absolute Gasteiger partial charge is 0.174 e. The number of para-hydroxylation sites is 1. The maximum atomic E-state index is 15.8. The lowest BCUT2D eigenvalue weighted by molar-refractivity contribution is 0.608. The Kier molecular flexibility index (Phi) is 3.65. The Hall–Kier alpha value is -3.67. The standard InChI is InChI=1S/C22H14F2N4/c1-13-26-18-12-25-11-10-19(18)28(13)22-15-7-3-5-9-17(15)27-21(20(22)24)14-6-2-4-8-16(14)23/h2-12H,1H3. The largest absolute Gasteiger partial charge is 0.293 e. The number of hydrogen-bond acceptors (Lipinski definition) is 3. The molecule has 0 saturated carbocycles. The van der Waals surface area contributed by atoms with Gasteiger partial charge in [0.05, 0.1) is 22.9 Å². The van der Waals surface area contributed by atoms with Crippen LogP contribution in [-0.2, 0) is 0 Å². The molecule has 0 radical (unpaired) electrons. The van der Waals surface area contributed by atoms with Crippen LogP contribution in [0.15, 0.2) is 67.0 Å². The maximum absolute atomic E-state index is 15.8. The first-order valence-electron chi connectivity index (χ1n) is 8.77. The Balaban J connectivity index is 1.95. The van der Waals surface area contributed by atoms with Crippen LogP contribution in [0.25, 0.3) is 38.9 Å². The highest BCUT2D eigenvalue weighted by atomic mass is 19.1. The summed E-state index contributed by atoms with van der Waals surface area (Å²) in [5, 5.41) is 0.624. The summed E-state index contributed by atoms with van der Waals surface area (Å²) in [4.78, 5) is 13.0. The molecule has 136 valence electrons. The Morgan fingerprint density at radius 2 is 1.64 bits per heavy atom. The SMILES string of the molecule is Cc1nc2cnccc2n1-c1c(F)c(-c2ccccc2F)nc2ccccc12. The van der Waals surface area contributed by atoms with E-state index in [1.807, 2.05) is 12.1 Å². The van der Waals surface area contributed by atoms with Crippen molar-refractivity contribution in [1.29, 1.82) is 0 Å². The molecule has 0 atom stereocenters. The summed E-state index contributed by atoms with van der Waals surface area (Å²) >= 11 is 0. The van der Waals surface area contributed by atoms with Gasteiger partial charge in [-0.05, 0) is 31.2 Å². The molecule has 5 rings (SSSR count). The van der Waals surface area contributed by atoms with Gasteiger partial charge in [-0.25, -0.2) is 18.7 Å². The molecule has 0 aliphatic rings.